The van der Waals surface area contributed by atoms with Gasteiger partial charge < -0.3 is 59.8 Å². The first-order valence-electron chi connectivity index (χ1n) is 0.667. The molecule has 0 amide bonds. The van der Waals surface area contributed by atoms with E-state index >= 15 is 0 Å². The molecular formula is H14ClKO11SZn. The standard InChI is InChI=1S/ClH.K.H2O4S.7H2O.Zn/c;;1-5(2,3)4;;;;;;;;/h1H;;(H2,1,2,3,4);7*1H2;/q;+1;;;;;;;;;+2/p-3. The minimum atomic E-state index is -5.17. The molecule has 0 aromatic rings. The summed E-state index contributed by atoms with van der Waals surface area (Å²) in [7, 11) is -5.17. The van der Waals surface area contributed by atoms with Crippen molar-refractivity contribution in [3.8, 4) is 0 Å². The molecule has 0 aromatic heterocycles. The first-order chi connectivity index (χ1) is 2.00. The zero-order valence-electron chi connectivity index (χ0n) is 7.63. The van der Waals surface area contributed by atoms with Crippen molar-refractivity contribution >= 4 is 10.4 Å². The predicted octanol–water partition coefficient (Wildman–Crippen LogP) is -13.1. The minimum Gasteiger partial charge on any atom is -1.00 e. The fourth-order valence-corrected chi connectivity index (χ4v) is 0. The smallest absolute Gasteiger partial charge is 1.00 e. The second-order valence-electron chi connectivity index (χ2n) is 0.408. The van der Waals surface area contributed by atoms with Gasteiger partial charge in [-0.05, 0) is 0 Å². The molecule has 0 radical (unpaired) electrons. The third kappa shape index (κ3) is 705. The summed E-state index contributed by atoms with van der Waals surface area (Å²) in [6.07, 6.45) is 0. The predicted molar refractivity (Wildman–Crippen MR) is 35.8 cm³/mol. The van der Waals surface area contributed by atoms with Crippen LogP contribution in [0.15, 0.2) is 0 Å². The largest absolute Gasteiger partial charge is 2.00 e. The molecule has 0 saturated carbocycles. The molecule has 15 heteroatoms. The van der Waals surface area contributed by atoms with Crippen LogP contribution in [-0.4, -0.2) is 55.9 Å². The Morgan fingerprint density at radius 3 is 0.667 bits per heavy atom. The summed E-state index contributed by atoms with van der Waals surface area (Å²) >= 11 is 0. The third-order valence-corrected chi connectivity index (χ3v) is 0. The summed E-state index contributed by atoms with van der Waals surface area (Å²) in [5.74, 6) is 0. The van der Waals surface area contributed by atoms with E-state index in [0.29, 0.717) is 0 Å². The first kappa shape index (κ1) is 118. The zero-order chi connectivity index (χ0) is 4.50. The topological polar surface area (TPSA) is 301 Å². The maximum atomic E-state index is 8.52. The molecule has 14 N–H and O–H groups in total. The monoisotopic (exact) mass is 360 g/mol. The van der Waals surface area contributed by atoms with Gasteiger partial charge in [-0.2, -0.15) is 0 Å². The maximum Gasteiger partial charge on any atom is 2.00 e. The second-order valence-corrected chi connectivity index (χ2v) is 1.22. The van der Waals surface area contributed by atoms with Crippen LogP contribution in [-0.2, 0) is 29.9 Å². The van der Waals surface area contributed by atoms with Gasteiger partial charge in [0.05, 0.1) is 0 Å². The Morgan fingerprint density at radius 2 is 0.667 bits per heavy atom. The van der Waals surface area contributed by atoms with Gasteiger partial charge in [0.25, 0.3) is 0 Å². The van der Waals surface area contributed by atoms with Crippen LogP contribution in [0.3, 0.4) is 0 Å². The summed E-state index contributed by atoms with van der Waals surface area (Å²) in [6.45, 7) is 0. The molecule has 96 valence electrons. The van der Waals surface area contributed by atoms with Gasteiger partial charge in [-0.1, -0.05) is 0 Å². The molecule has 0 aliphatic rings. The molecule has 11 nitrogen and oxygen atoms in total. The van der Waals surface area contributed by atoms with Crippen molar-refractivity contribution in [1.29, 1.82) is 0 Å². The number of hydrogen-bond acceptors (Lipinski definition) is 4. The van der Waals surface area contributed by atoms with E-state index in [1.165, 1.54) is 0 Å². The second kappa shape index (κ2) is 55.8. The fraction of sp³-hybridized carbons (Fsp3) is 0. The van der Waals surface area contributed by atoms with E-state index in [4.69, 9.17) is 17.5 Å². The molecule has 15 heavy (non-hydrogen) atoms. The van der Waals surface area contributed by atoms with Crippen molar-refractivity contribution in [2.75, 3.05) is 0 Å². The van der Waals surface area contributed by atoms with Crippen LogP contribution in [0.5, 0.6) is 0 Å². The fourth-order valence-electron chi connectivity index (χ4n) is 0. The minimum absolute atomic E-state index is 0. The summed E-state index contributed by atoms with van der Waals surface area (Å²) in [6, 6.07) is 0. The van der Waals surface area contributed by atoms with Crippen LogP contribution in [0.2, 0.25) is 0 Å². The molecule has 0 aliphatic heterocycles. The van der Waals surface area contributed by atoms with E-state index in [9.17, 15) is 0 Å². The van der Waals surface area contributed by atoms with E-state index in [2.05, 4.69) is 0 Å². The summed E-state index contributed by atoms with van der Waals surface area (Å²) < 4.78 is 34.1. The summed E-state index contributed by atoms with van der Waals surface area (Å²) in [5, 5.41) is 0. The van der Waals surface area contributed by atoms with Crippen LogP contribution in [0, 0.1) is 0 Å². The molecule has 0 saturated heterocycles. The van der Waals surface area contributed by atoms with Gasteiger partial charge >= 0.3 is 70.9 Å². The molecule has 0 aliphatic carbocycles. The Balaban J connectivity index is -0.00000000178. The average molecular weight is 362 g/mol. The molecule has 0 bridgehead atoms. The van der Waals surface area contributed by atoms with Gasteiger partial charge in [-0.25, -0.2) is 0 Å². The quantitative estimate of drug-likeness (QED) is 0.230. The van der Waals surface area contributed by atoms with Gasteiger partial charge in [0.1, 0.15) is 0 Å². The molecule has 0 atom stereocenters. The van der Waals surface area contributed by atoms with Gasteiger partial charge in [-0.15, -0.1) is 0 Å². The third-order valence-electron chi connectivity index (χ3n) is 0. The van der Waals surface area contributed by atoms with Crippen LogP contribution >= 0.6 is 0 Å². The van der Waals surface area contributed by atoms with Crippen molar-refractivity contribution in [3.63, 3.8) is 0 Å². The zero-order valence-corrected chi connectivity index (χ0v) is 15.3. The SMILES string of the molecule is O.O.O.O.O.O.O.O=S(=O)([O-])[O-].[Cl-].[K+].[Zn+2]. The molecule has 0 aromatic carbocycles. The van der Waals surface area contributed by atoms with E-state index in [1.807, 2.05) is 0 Å². The molecule has 0 fully saturated rings. The maximum absolute atomic E-state index is 8.52. The van der Waals surface area contributed by atoms with Crippen molar-refractivity contribution in [1.82, 2.24) is 0 Å². The summed E-state index contributed by atoms with van der Waals surface area (Å²) in [4.78, 5) is 0. The van der Waals surface area contributed by atoms with E-state index in [1.54, 1.807) is 0 Å². The van der Waals surface area contributed by atoms with Gasteiger partial charge in [0, 0.05) is 10.4 Å². The Bertz CT molecular complexity index is 104. The Labute approximate surface area is 147 Å². The normalized spacial score (nSPS) is 3.87. The number of halogens is 1. The average Bonchev–Trinajstić information content (AvgIpc) is 0.722. The molecule has 0 rings (SSSR count). The van der Waals surface area contributed by atoms with Crippen molar-refractivity contribution in [2.45, 2.75) is 0 Å². The molecule has 0 unspecified atom stereocenters. The number of rotatable bonds is 0. The Morgan fingerprint density at radius 1 is 0.667 bits per heavy atom. The van der Waals surface area contributed by atoms with Crippen LogP contribution < -0.4 is 63.8 Å². The van der Waals surface area contributed by atoms with E-state index in [-0.39, 0.29) is 122 Å². The Hall–Kier alpha value is 2.14. The summed E-state index contributed by atoms with van der Waals surface area (Å²) in [5.41, 5.74) is 0. The molecular weight excluding hydrogens is 348 g/mol. The van der Waals surface area contributed by atoms with Crippen LogP contribution in [0.4, 0.5) is 0 Å². The van der Waals surface area contributed by atoms with Crippen molar-refractivity contribution < 1.29 is 139 Å². The first-order valence-corrected chi connectivity index (χ1v) is 2.00. The van der Waals surface area contributed by atoms with Crippen LogP contribution in [0.1, 0.15) is 0 Å². The van der Waals surface area contributed by atoms with Crippen molar-refractivity contribution in [2.24, 2.45) is 0 Å². The van der Waals surface area contributed by atoms with E-state index in [0.717, 1.165) is 0 Å². The van der Waals surface area contributed by atoms with Gasteiger partial charge in [-0.3, -0.25) is 8.42 Å². The molecule has 0 spiro atoms. The van der Waals surface area contributed by atoms with Crippen LogP contribution in [0.25, 0.3) is 0 Å². The van der Waals surface area contributed by atoms with Crippen molar-refractivity contribution in [3.05, 3.63) is 0 Å². The van der Waals surface area contributed by atoms with Gasteiger partial charge in [0.2, 0.25) is 0 Å². The Kier molecular flexibility index (Phi) is 441. The van der Waals surface area contributed by atoms with Gasteiger partial charge in [0.15, 0.2) is 0 Å². The van der Waals surface area contributed by atoms with E-state index < -0.39 is 10.4 Å². The number of hydrogen-bond donors (Lipinski definition) is 0. The molecule has 0 heterocycles.